The molecule has 5 rings (SSSR count). The lowest BCUT2D eigenvalue weighted by Crippen LogP contribution is -2.04. The van der Waals surface area contributed by atoms with E-state index in [9.17, 15) is 0 Å². The maximum atomic E-state index is 5.31. The van der Waals surface area contributed by atoms with Gasteiger partial charge in [-0.1, -0.05) is 42.5 Å². The van der Waals surface area contributed by atoms with Gasteiger partial charge in [0.2, 0.25) is 0 Å². The molecule has 0 saturated carbocycles. The van der Waals surface area contributed by atoms with Gasteiger partial charge >= 0.3 is 0 Å². The summed E-state index contributed by atoms with van der Waals surface area (Å²) in [5, 5.41) is 4.96. The first-order valence-electron chi connectivity index (χ1n) is 9.61. The molecule has 0 fully saturated rings. The van der Waals surface area contributed by atoms with Crippen LogP contribution in [0.25, 0.3) is 16.8 Å². The molecular formula is C23H23N3O. The van der Waals surface area contributed by atoms with E-state index in [4.69, 9.17) is 9.84 Å². The third kappa shape index (κ3) is 2.81. The normalized spacial score (nSPS) is 13.7. The topological polar surface area (TPSA) is 31.5 Å². The van der Waals surface area contributed by atoms with Crippen molar-refractivity contribution in [3.05, 3.63) is 77.7 Å². The molecule has 4 aromatic rings. The molecule has 2 aromatic heterocycles. The van der Waals surface area contributed by atoms with Crippen LogP contribution in [0, 0.1) is 0 Å². The number of benzene rings is 2. The molecule has 27 heavy (non-hydrogen) atoms. The molecule has 136 valence electrons. The lowest BCUT2D eigenvalue weighted by molar-refractivity contribution is 0.415. The van der Waals surface area contributed by atoms with Crippen molar-refractivity contribution in [1.29, 1.82) is 0 Å². The van der Waals surface area contributed by atoms with Crippen LogP contribution < -0.4 is 4.74 Å². The van der Waals surface area contributed by atoms with E-state index in [0.29, 0.717) is 0 Å². The van der Waals surface area contributed by atoms with Crippen LogP contribution in [0.5, 0.6) is 5.75 Å². The molecule has 0 saturated heterocycles. The molecule has 2 aromatic carbocycles. The highest BCUT2D eigenvalue weighted by Gasteiger charge is 2.22. The van der Waals surface area contributed by atoms with Gasteiger partial charge in [-0.3, -0.25) is 0 Å². The summed E-state index contributed by atoms with van der Waals surface area (Å²) in [7, 11) is 1.71. The van der Waals surface area contributed by atoms with Crippen LogP contribution >= 0.6 is 0 Å². The zero-order valence-electron chi connectivity index (χ0n) is 15.6. The van der Waals surface area contributed by atoms with Gasteiger partial charge in [0, 0.05) is 30.3 Å². The average molecular weight is 357 g/mol. The van der Waals surface area contributed by atoms with E-state index >= 15 is 0 Å². The molecule has 0 unspecified atom stereocenters. The number of rotatable bonds is 4. The van der Waals surface area contributed by atoms with Crippen molar-refractivity contribution in [3.8, 4) is 16.9 Å². The lowest BCUT2D eigenvalue weighted by Gasteiger charge is -2.07. The van der Waals surface area contributed by atoms with E-state index in [1.54, 1.807) is 7.11 Å². The number of ether oxygens (including phenoxy) is 1. The minimum Gasteiger partial charge on any atom is -0.497 e. The SMILES string of the molecule is COc1ccc(-c2cn3nc(Cc4ccccc4)n4c3c2CCCC4)cc1. The molecule has 0 amide bonds. The Morgan fingerprint density at radius 2 is 1.81 bits per heavy atom. The second kappa shape index (κ2) is 6.62. The maximum absolute atomic E-state index is 5.31. The molecule has 3 heterocycles. The standard InChI is InChI=1S/C23H23N3O/c1-27-19-12-10-18(11-13-19)21-16-26-23-20(21)9-5-6-14-25(23)22(24-26)15-17-7-3-2-4-8-17/h2-4,7-8,10-13,16H,5-6,9,14-15H2,1H3. The van der Waals surface area contributed by atoms with Gasteiger partial charge in [0.15, 0.2) is 0 Å². The van der Waals surface area contributed by atoms with Gasteiger partial charge < -0.3 is 9.30 Å². The van der Waals surface area contributed by atoms with Crippen molar-refractivity contribution in [2.75, 3.05) is 7.11 Å². The van der Waals surface area contributed by atoms with E-state index in [2.05, 4.69) is 57.7 Å². The van der Waals surface area contributed by atoms with Crippen molar-refractivity contribution in [2.24, 2.45) is 0 Å². The molecule has 0 aliphatic carbocycles. The summed E-state index contributed by atoms with van der Waals surface area (Å²) < 4.78 is 9.84. The summed E-state index contributed by atoms with van der Waals surface area (Å²) in [6, 6.07) is 19.0. The first-order valence-corrected chi connectivity index (χ1v) is 9.61. The summed E-state index contributed by atoms with van der Waals surface area (Å²) in [6.45, 7) is 1.05. The zero-order chi connectivity index (χ0) is 18.2. The molecule has 0 spiro atoms. The summed E-state index contributed by atoms with van der Waals surface area (Å²) in [4.78, 5) is 0. The van der Waals surface area contributed by atoms with Crippen LogP contribution in [0.3, 0.4) is 0 Å². The molecule has 0 N–H and O–H groups in total. The van der Waals surface area contributed by atoms with E-state index in [1.165, 1.54) is 40.7 Å². The van der Waals surface area contributed by atoms with Crippen molar-refractivity contribution >= 4 is 5.65 Å². The third-order valence-electron chi connectivity index (χ3n) is 5.52. The van der Waals surface area contributed by atoms with Crippen molar-refractivity contribution < 1.29 is 4.74 Å². The highest BCUT2D eigenvalue weighted by molar-refractivity contribution is 5.75. The van der Waals surface area contributed by atoms with Gasteiger partial charge in [-0.15, -0.1) is 0 Å². The van der Waals surface area contributed by atoms with E-state index in [-0.39, 0.29) is 0 Å². The Hall–Kier alpha value is -3.01. The number of hydrogen-bond acceptors (Lipinski definition) is 2. The van der Waals surface area contributed by atoms with Gasteiger partial charge in [-0.2, -0.15) is 5.10 Å². The Kier molecular flexibility index (Phi) is 3.97. The quantitative estimate of drug-likeness (QED) is 0.528. The maximum Gasteiger partial charge on any atom is 0.139 e. The van der Waals surface area contributed by atoms with Crippen LogP contribution in [-0.2, 0) is 19.4 Å². The molecule has 0 bridgehead atoms. The fourth-order valence-electron chi connectivity index (χ4n) is 4.17. The Labute approximate surface area is 159 Å². The summed E-state index contributed by atoms with van der Waals surface area (Å²) >= 11 is 0. The van der Waals surface area contributed by atoms with Crippen LogP contribution in [0.2, 0.25) is 0 Å². The third-order valence-corrected chi connectivity index (χ3v) is 5.52. The minimum absolute atomic E-state index is 0.875. The minimum atomic E-state index is 0.875. The largest absolute Gasteiger partial charge is 0.497 e. The smallest absolute Gasteiger partial charge is 0.139 e. The Morgan fingerprint density at radius 3 is 2.59 bits per heavy atom. The van der Waals surface area contributed by atoms with E-state index in [0.717, 1.165) is 31.0 Å². The van der Waals surface area contributed by atoms with Gasteiger partial charge in [0.25, 0.3) is 0 Å². The monoisotopic (exact) mass is 357 g/mol. The van der Waals surface area contributed by atoms with Gasteiger partial charge in [0.05, 0.1) is 7.11 Å². The van der Waals surface area contributed by atoms with E-state index in [1.807, 2.05) is 12.1 Å². The predicted molar refractivity (Wildman–Crippen MR) is 107 cm³/mol. The number of nitrogens with zero attached hydrogens (tertiary/aromatic N) is 3. The molecule has 1 aliphatic heterocycles. The van der Waals surface area contributed by atoms with Crippen molar-refractivity contribution in [1.82, 2.24) is 14.2 Å². The Balaban J connectivity index is 1.61. The molecule has 4 heteroatoms. The highest BCUT2D eigenvalue weighted by atomic mass is 16.5. The Bertz CT molecular complexity index is 1070. The summed E-state index contributed by atoms with van der Waals surface area (Å²) in [5.41, 5.74) is 6.52. The van der Waals surface area contributed by atoms with Crippen LogP contribution in [-0.4, -0.2) is 21.3 Å². The van der Waals surface area contributed by atoms with E-state index < -0.39 is 0 Å². The van der Waals surface area contributed by atoms with Gasteiger partial charge in [-0.05, 0) is 42.5 Å². The molecule has 0 atom stereocenters. The van der Waals surface area contributed by atoms with Crippen molar-refractivity contribution in [3.63, 3.8) is 0 Å². The van der Waals surface area contributed by atoms with Gasteiger partial charge in [-0.25, -0.2) is 4.52 Å². The van der Waals surface area contributed by atoms with Crippen LogP contribution in [0.15, 0.2) is 60.8 Å². The first kappa shape index (κ1) is 16.2. The van der Waals surface area contributed by atoms with Gasteiger partial charge in [0.1, 0.15) is 17.2 Å². The zero-order valence-corrected chi connectivity index (χ0v) is 15.6. The highest BCUT2D eigenvalue weighted by Crippen LogP contribution is 2.33. The fourth-order valence-corrected chi connectivity index (χ4v) is 4.17. The fraction of sp³-hybridized carbons (Fsp3) is 0.261. The number of aromatic nitrogens is 3. The molecule has 1 aliphatic rings. The number of methoxy groups -OCH3 is 1. The second-order valence-electron chi connectivity index (χ2n) is 7.21. The molecule has 0 radical (unpaired) electrons. The second-order valence-corrected chi connectivity index (χ2v) is 7.21. The molecular weight excluding hydrogens is 334 g/mol. The van der Waals surface area contributed by atoms with Crippen molar-refractivity contribution in [2.45, 2.75) is 32.2 Å². The summed E-state index contributed by atoms with van der Waals surface area (Å²) in [6.07, 6.45) is 6.59. The first-order chi connectivity index (χ1) is 13.3. The predicted octanol–water partition coefficient (Wildman–Crippen LogP) is 4.74. The lowest BCUT2D eigenvalue weighted by atomic mass is 10.0. The molecule has 4 nitrogen and oxygen atoms in total. The van der Waals surface area contributed by atoms with Crippen LogP contribution in [0.1, 0.15) is 29.8 Å². The number of aryl methyl sites for hydroxylation is 2. The number of hydrogen-bond donors (Lipinski definition) is 0. The van der Waals surface area contributed by atoms with Crippen LogP contribution in [0.4, 0.5) is 0 Å². The summed E-state index contributed by atoms with van der Waals surface area (Å²) in [5.74, 6) is 2.04. The Morgan fingerprint density at radius 1 is 1.00 bits per heavy atom. The average Bonchev–Trinajstić information content (AvgIpc) is 3.12.